The lowest BCUT2D eigenvalue weighted by Crippen LogP contribution is -2.57. The second kappa shape index (κ2) is 8.06. The van der Waals surface area contributed by atoms with Gasteiger partial charge in [0, 0.05) is 25.8 Å². The molecule has 2 aliphatic rings. The number of H-pyrrole nitrogens is 1. The van der Waals surface area contributed by atoms with E-state index in [-0.39, 0.29) is 17.6 Å². The Morgan fingerprint density at radius 1 is 1.37 bits per heavy atom. The number of piperidine rings is 1. The molecule has 3 heterocycles. The van der Waals surface area contributed by atoms with Crippen molar-refractivity contribution in [3.63, 3.8) is 0 Å². The van der Waals surface area contributed by atoms with Gasteiger partial charge in [-0.3, -0.25) is 4.79 Å². The van der Waals surface area contributed by atoms with Gasteiger partial charge in [0.15, 0.2) is 0 Å². The van der Waals surface area contributed by atoms with Crippen LogP contribution in [0.15, 0.2) is 48.9 Å². The molecule has 0 bridgehead atoms. The summed E-state index contributed by atoms with van der Waals surface area (Å²) in [5, 5.41) is 0. The Kier molecular flexibility index (Phi) is 5.36. The third-order valence-electron chi connectivity index (χ3n) is 5.44. The molecule has 1 N–H and O–H groups in total. The van der Waals surface area contributed by atoms with E-state index in [4.69, 9.17) is 9.47 Å². The van der Waals surface area contributed by atoms with Crippen LogP contribution in [-0.4, -0.2) is 52.2 Å². The van der Waals surface area contributed by atoms with Crippen molar-refractivity contribution < 1.29 is 14.3 Å². The standard InChI is InChI=1S/C21H25N3O3/c25-20(8-7-18-13-22-16-23-18)24-11-10-21(9-4-12-27-21)19(14-24)26-15-17-5-2-1-3-6-17/h1-3,5-8,13,16,19H,4,9-12,14-15H2,(H,22,23)/b8-7+. The average molecular weight is 367 g/mol. The van der Waals surface area contributed by atoms with Gasteiger partial charge in [0.05, 0.1) is 30.4 Å². The number of aromatic nitrogens is 2. The van der Waals surface area contributed by atoms with E-state index >= 15 is 0 Å². The smallest absolute Gasteiger partial charge is 0.246 e. The zero-order valence-corrected chi connectivity index (χ0v) is 15.3. The summed E-state index contributed by atoms with van der Waals surface area (Å²) in [6.07, 6.45) is 9.39. The minimum Gasteiger partial charge on any atom is -0.372 e. The number of carbonyl (C=O) groups is 1. The number of imidazole rings is 1. The first-order chi connectivity index (χ1) is 13.3. The van der Waals surface area contributed by atoms with Crippen LogP contribution in [0.25, 0.3) is 6.08 Å². The van der Waals surface area contributed by atoms with Gasteiger partial charge < -0.3 is 19.4 Å². The molecule has 1 aromatic heterocycles. The van der Waals surface area contributed by atoms with Crippen LogP contribution in [0.5, 0.6) is 0 Å². The van der Waals surface area contributed by atoms with Gasteiger partial charge in [0.1, 0.15) is 6.10 Å². The fourth-order valence-electron chi connectivity index (χ4n) is 3.91. The molecule has 2 unspecified atom stereocenters. The van der Waals surface area contributed by atoms with Gasteiger partial charge in [-0.2, -0.15) is 0 Å². The van der Waals surface area contributed by atoms with Crippen molar-refractivity contribution in [1.29, 1.82) is 0 Å². The molecule has 2 atom stereocenters. The van der Waals surface area contributed by atoms with Crippen molar-refractivity contribution in [2.45, 2.75) is 37.6 Å². The lowest BCUT2D eigenvalue weighted by atomic mass is 9.85. The second-order valence-electron chi connectivity index (χ2n) is 7.18. The van der Waals surface area contributed by atoms with Gasteiger partial charge in [0.2, 0.25) is 5.91 Å². The molecule has 2 saturated heterocycles. The van der Waals surface area contributed by atoms with Gasteiger partial charge in [-0.1, -0.05) is 30.3 Å². The summed E-state index contributed by atoms with van der Waals surface area (Å²) in [6, 6.07) is 10.1. The third kappa shape index (κ3) is 4.12. The first-order valence-electron chi connectivity index (χ1n) is 9.50. The van der Waals surface area contributed by atoms with E-state index in [1.807, 2.05) is 23.1 Å². The van der Waals surface area contributed by atoms with Gasteiger partial charge in [0.25, 0.3) is 0 Å². The summed E-state index contributed by atoms with van der Waals surface area (Å²) in [7, 11) is 0. The van der Waals surface area contributed by atoms with E-state index in [1.54, 1.807) is 24.7 Å². The van der Waals surface area contributed by atoms with E-state index < -0.39 is 0 Å². The molecule has 1 amide bonds. The number of nitrogens with one attached hydrogen (secondary N) is 1. The average Bonchev–Trinajstić information content (AvgIpc) is 3.39. The Hall–Kier alpha value is -2.44. The van der Waals surface area contributed by atoms with Crippen LogP contribution in [0.4, 0.5) is 0 Å². The van der Waals surface area contributed by atoms with E-state index in [0.29, 0.717) is 19.7 Å². The molecule has 142 valence electrons. The predicted molar refractivity (Wildman–Crippen MR) is 102 cm³/mol. The molecule has 1 aromatic carbocycles. The maximum absolute atomic E-state index is 12.6. The first-order valence-corrected chi connectivity index (χ1v) is 9.50. The molecular weight excluding hydrogens is 342 g/mol. The van der Waals surface area contributed by atoms with Crippen LogP contribution >= 0.6 is 0 Å². The minimum atomic E-state index is -0.251. The summed E-state index contributed by atoms with van der Waals surface area (Å²) < 4.78 is 12.4. The number of amides is 1. The maximum Gasteiger partial charge on any atom is 0.246 e. The van der Waals surface area contributed by atoms with E-state index in [1.165, 1.54) is 0 Å². The monoisotopic (exact) mass is 367 g/mol. The second-order valence-corrected chi connectivity index (χ2v) is 7.18. The van der Waals surface area contributed by atoms with Crippen LogP contribution in [0.3, 0.4) is 0 Å². The Labute approximate surface area is 159 Å². The fourth-order valence-corrected chi connectivity index (χ4v) is 3.91. The number of likely N-dealkylation sites (tertiary alicyclic amines) is 1. The van der Waals surface area contributed by atoms with Crippen molar-refractivity contribution >= 4 is 12.0 Å². The van der Waals surface area contributed by atoms with Crippen molar-refractivity contribution in [3.8, 4) is 0 Å². The summed E-state index contributed by atoms with van der Waals surface area (Å²) in [6.45, 7) is 2.55. The quantitative estimate of drug-likeness (QED) is 0.825. The van der Waals surface area contributed by atoms with Gasteiger partial charge in [-0.05, 0) is 30.9 Å². The lowest BCUT2D eigenvalue weighted by Gasteiger charge is -2.44. The number of hydrogen-bond acceptors (Lipinski definition) is 4. The zero-order valence-electron chi connectivity index (χ0n) is 15.3. The van der Waals surface area contributed by atoms with Crippen LogP contribution in [0.1, 0.15) is 30.5 Å². The Balaban J connectivity index is 1.43. The largest absolute Gasteiger partial charge is 0.372 e. The Morgan fingerprint density at radius 2 is 2.26 bits per heavy atom. The highest BCUT2D eigenvalue weighted by atomic mass is 16.6. The van der Waals surface area contributed by atoms with Crippen molar-refractivity contribution in [2.75, 3.05) is 19.7 Å². The van der Waals surface area contributed by atoms with Crippen LogP contribution in [0, 0.1) is 0 Å². The number of nitrogens with zero attached hydrogens (tertiary/aromatic N) is 2. The summed E-state index contributed by atoms with van der Waals surface area (Å²) >= 11 is 0. The van der Waals surface area contributed by atoms with Crippen LogP contribution in [-0.2, 0) is 20.9 Å². The SMILES string of the molecule is O=C(/C=C/c1cnc[nH]1)N1CCC2(CCCO2)C(OCc2ccccc2)C1. The molecule has 2 aliphatic heterocycles. The molecule has 0 radical (unpaired) electrons. The summed E-state index contributed by atoms with van der Waals surface area (Å²) in [4.78, 5) is 21.4. The van der Waals surface area contributed by atoms with Gasteiger partial charge in [-0.15, -0.1) is 0 Å². The summed E-state index contributed by atoms with van der Waals surface area (Å²) in [5.41, 5.74) is 1.69. The van der Waals surface area contributed by atoms with E-state index in [0.717, 1.165) is 37.1 Å². The summed E-state index contributed by atoms with van der Waals surface area (Å²) in [5.74, 6) is -0.00856. The number of rotatable bonds is 5. The molecule has 6 nitrogen and oxygen atoms in total. The molecule has 27 heavy (non-hydrogen) atoms. The van der Waals surface area contributed by atoms with Crippen LogP contribution < -0.4 is 0 Å². The highest BCUT2D eigenvalue weighted by molar-refractivity contribution is 5.91. The molecule has 1 spiro atoms. The number of hydrogen-bond donors (Lipinski definition) is 1. The molecule has 6 heteroatoms. The van der Waals surface area contributed by atoms with Crippen molar-refractivity contribution in [3.05, 3.63) is 60.2 Å². The predicted octanol–water partition coefficient (Wildman–Crippen LogP) is 2.79. The number of benzene rings is 1. The fraction of sp³-hybridized carbons (Fsp3) is 0.429. The minimum absolute atomic E-state index is 0.00856. The molecule has 2 fully saturated rings. The molecular formula is C21H25N3O3. The van der Waals surface area contributed by atoms with Crippen molar-refractivity contribution in [2.24, 2.45) is 0 Å². The van der Waals surface area contributed by atoms with E-state index in [2.05, 4.69) is 22.1 Å². The molecule has 0 aliphatic carbocycles. The highest BCUT2D eigenvalue weighted by Gasteiger charge is 2.47. The number of ether oxygens (including phenoxy) is 2. The van der Waals surface area contributed by atoms with Gasteiger partial charge in [-0.25, -0.2) is 4.98 Å². The van der Waals surface area contributed by atoms with Crippen molar-refractivity contribution in [1.82, 2.24) is 14.9 Å². The van der Waals surface area contributed by atoms with Crippen LogP contribution in [0.2, 0.25) is 0 Å². The number of aromatic amines is 1. The van der Waals surface area contributed by atoms with E-state index in [9.17, 15) is 4.79 Å². The highest BCUT2D eigenvalue weighted by Crippen LogP contribution is 2.38. The first kappa shape index (κ1) is 17.9. The number of carbonyl (C=O) groups excluding carboxylic acids is 1. The third-order valence-corrected chi connectivity index (χ3v) is 5.44. The maximum atomic E-state index is 12.6. The topological polar surface area (TPSA) is 67.5 Å². The molecule has 2 aromatic rings. The Morgan fingerprint density at radius 3 is 3.00 bits per heavy atom. The molecule has 4 rings (SSSR count). The Bertz CT molecular complexity index is 767. The normalized spacial score (nSPS) is 25.5. The molecule has 0 saturated carbocycles. The lowest BCUT2D eigenvalue weighted by molar-refractivity contribution is -0.165. The van der Waals surface area contributed by atoms with Gasteiger partial charge >= 0.3 is 0 Å². The zero-order chi connectivity index (χ0) is 18.5.